The van der Waals surface area contributed by atoms with Crippen molar-refractivity contribution < 1.29 is 14.7 Å². The Labute approximate surface area is 130 Å². The molecule has 1 aromatic rings. The van der Waals surface area contributed by atoms with E-state index in [0.29, 0.717) is 31.7 Å². The van der Waals surface area contributed by atoms with Gasteiger partial charge in [-0.15, -0.1) is 0 Å². The van der Waals surface area contributed by atoms with E-state index in [0.717, 1.165) is 25.7 Å². The summed E-state index contributed by atoms with van der Waals surface area (Å²) in [6, 6.07) is 3.62. The molecule has 0 saturated carbocycles. The number of hydrogen-bond donors (Lipinski definition) is 1. The molecule has 2 amide bonds. The molecule has 3 rings (SSSR count). The van der Waals surface area contributed by atoms with E-state index < -0.39 is 0 Å². The summed E-state index contributed by atoms with van der Waals surface area (Å²) in [6.45, 7) is 3.72. The van der Waals surface area contributed by atoms with Crippen molar-refractivity contribution in [2.24, 2.45) is 0 Å². The van der Waals surface area contributed by atoms with Gasteiger partial charge in [-0.05, 0) is 48.9 Å². The number of phenols is 1. The highest BCUT2D eigenvalue weighted by molar-refractivity contribution is 5.97. The average molecular weight is 302 g/mol. The predicted molar refractivity (Wildman–Crippen MR) is 82.9 cm³/mol. The van der Waals surface area contributed by atoms with Gasteiger partial charge in [0.05, 0.1) is 5.56 Å². The van der Waals surface area contributed by atoms with Crippen molar-refractivity contribution >= 4 is 11.8 Å². The topological polar surface area (TPSA) is 60.9 Å². The van der Waals surface area contributed by atoms with Crippen LogP contribution in [0.1, 0.15) is 41.3 Å². The number of aryl methyl sites for hydroxylation is 2. The van der Waals surface area contributed by atoms with E-state index in [9.17, 15) is 14.7 Å². The van der Waals surface area contributed by atoms with Crippen LogP contribution in [0.4, 0.5) is 0 Å². The Morgan fingerprint density at radius 2 is 1.50 bits per heavy atom. The molecule has 5 nitrogen and oxygen atoms in total. The molecule has 0 spiro atoms. The number of hydrogen-bond acceptors (Lipinski definition) is 3. The lowest BCUT2D eigenvalue weighted by atomic mass is 9.89. The standard InChI is InChI=1S/C17H22N2O3/c1-12(20)18-6-8-19(9-7-18)17(22)15-10-13-4-2-3-5-14(13)11-16(15)21/h10-11,21H,2-9H2,1H3. The minimum absolute atomic E-state index is 0.0451. The summed E-state index contributed by atoms with van der Waals surface area (Å²) in [5.41, 5.74) is 2.76. The van der Waals surface area contributed by atoms with Crippen molar-refractivity contribution in [2.75, 3.05) is 26.2 Å². The van der Waals surface area contributed by atoms with E-state index in [-0.39, 0.29) is 17.6 Å². The molecule has 0 unspecified atom stereocenters. The van der Waals surface area contributed by atoms with Crippen LogP contribution < -0.4 is 0 Å². The van der Waals surface area contributed by atoms with Crippen LogP contribution in [0.15, 0.2) is 12.1 Å². The maximum atomic E-state index is 12.6. The van der Waals surface area contributed by atoms with E-state index >= 15 is 0 Å². The summed E-state index contributed by atoms with van der Waals surface area (Å²) in [6.07, 6.45) is 4.25. The maximum absolute atomic E-state index is 12.6. The van der Waals surface area contributed by atoms with Crippen LogP contribution in [0.3, 0.4) is 0 Å². The zero-order valence-electron chi connectivity index (χ0n) is 13.0. The zero-order chi connectivity index (χ0) is 15.7. The molecule has 0 atom stereocenters. The largest absolute Gasteiger partial charge is 0.507 e. The number of rotatable bonds is 1. The van der Waals surface area contributed by atoms with Crippen LogP contribution in [-0.4, -0.2) is 52.9 Å². The molecule has 118 valence electrons. The van der Waals surface area contributed by atoms with Crippen molar-refractivity contribution in [3.05, 3.63) is 28.8 Å². The second-order valence-corrected chi connectivity index (χ2v) is 6.14. The van der Waals surface area contributed by atoms with Crippen molar-refractivity contribution in [2.45, 2.75) is 32.6 Å². The predicted octanol–water partition coefficient (Wildman–Crippen LogP) is 1.58. The molecule has 0 aromatic heterocycles. The van der Waals surface area contributed by atoms with Gasteiger partial charge < -0.3 is 14.9 Å². The molecule has 1 aromatic carbocycles. The number of fused-ring (bicyclic) bond motifs is 1. The summed E-state index contributed by atoms with van der Waals surface area (Å²) in [5.74, 6) is -0.00236. The number of carbonyl (C=O) groups excluding carboxylic acids is 2. The molecule has 1 aliphatic heterocycles. The fourth-order valence-corrected chi connectivity index (χ4v) is 3.34. The van der Waals surface area contributed by atoms with E-state index in [1.807, 2.05) is 6.07 Å². The van der Waals surface area contributed by atoms with Gasteiger partial charge in [-0.25, -0.2) is 0 Å². The van der Waals surface area contributed by atoms with Crippen LogP contribution in [0.5, 0.6) is 5.75 Å². The minimum atomic E-state index is -0.130. The fraction of sp³-hybridized carbons (Fsp3) is 0.529. The third kappa shape index (κ3) is 2.80. The Hall–Kier alpha value is -2.04. The Balaban J connectivity index is 1.77. The number of phenolic OH excluding ortho intramolecular Hbond substituents is 1. The summed E-state index contributed by atoms with van der Waals surface area (Å²) in [7, 11) is 0. The summed E-state index contributed by atoms with van der Waals surface area (Å²) >= 11 is 0. The Kier molecular flexibility index (Phi) is 4.05. The highest BCUT2D eigenvalue weighted by Gasteiger charge is 2.26. The molecular formula is C17H22N2O3. The molecule has 0 radical (unpaired) electrons. The van der Waals surface area contributed by atoms with Gasteiger partial charge in [0.25, 0.3) is 5.91 Å². The lowest BCUT2D eigenvalue weighted by molar-refractivity contribution is -0.130. The van der Waals surface area contributed by atoms with Gasteiger partial charge >= 0.3 is 0 Å². The Morgan fingerprint density at radius 3 is 2.09 bits per heavy atom. The van der Waals surface area contributed by atoms with Gasteiger partial charge in [-0.1, -0.05) is 0 Å². The van der Waals surface area contributed by atoms with Crippen molar-refractivity contribution in [1.82, 2.24) is 9.80 Å². The normalized spacial score (nSPS) is 18.0. The van der Waals surface area contributed by atoms with Crippen LogP contribution in [0, 0.1) is 0 Å². The second kappa shape index (κ2) is 5.99. The van der Waals surface area contributed by atoms with Crippen molar-refractivity contribution in [1.29, 1.82) is 0 Å². The number of aromatic hydroxyl groups is 1. The first kappa shape index (κ1) is 14.9. The second-order valence-electron chi connectivity index (χ2n) is 6.14. The van der Waals surface area contributed by atoms with E-state index in [2.05, 4.69) is 0 Å². The monoisotopic (exact) mass is 302 g/mol. The van der Waals surface area contributed by atoms with Gasteiger partial charge in [0.2, 0.25) is 5.91 Å². The lowest BCUT2D eigenvalue weighted by Crippen LogP contribution is -2.50. The maximum Gasteiger partial charge on any atom is 0.257 e. The van der Waals surface area contributed by atoms with E-state index in [1.54, 1.807) is 22.8 Å². The third-order valence-electron chi connectivity index (χ3n) is 4.70. The molecule has 1 aliphatic carbocycles. The number of nitrogens with zero attached hydrogens (tertiary/aromatic N) is 2. The molecule has 2 aliphatic rings. The molecule has 22 heavy (non-hydrogen) atoms. The first-order valence-corrected chi connectivity index (χ1v) is 7.96. The quantitative estimate of drug-likeness (QED) is 0.856. The number of amides is 2. The molecule has 1 heterocycles. The molecule has 1 N–H and O–H groups in total. The summed E-state index contributed by atoms with van der Waals surface area (Å²) in [4.78, 5) is 27.5. The van der Waals surface area contributed by atoms with Gasteiger partial charge in [0.15, 0.2) is 0 Å². The van der Waals surface area contributed by atoms with Gasteiger partial charge in [-0.3, -0.25) is 9.59 Å². The Morgan fingerprint density at radius 1 is 0.955 bits per heavy atom. The number of benzene rings is 1. The minimum Gasteiger partial charge on any atom is -0.507 e. The summed E-state index contributed by atoms with van der Waals surface area (Å²) in [5, 5.41) is 10.2. The smallest absolute Gasteiger partial charge is 0.257 e. The molecule has 0 bridgehead atoms. The number of carbonyl (C=O) groups is 2. The van der Waals surface area contributed by atoms with Crippen LogP contribution in [0.2, 0.25) is 0 Å². The SMILES string of the molecule is CC(=O)N1CCN(C(=O)c2cc3c(cc2O)CCCC3)CC1. The third-order valence-corrected chi connectivity index (χ3v) is 4.70. The fourth-order valence-electron chi connectivity index (χ4n) is 3.34. The van der Waals surface area contributed by atoms with Crippen LogP contribution in [-0.2, 0) is 17.6 Å². The van der Waals surface area contributed by atoms with Gasteiger partial charge in [-0.2, -0.15) is 0 Å². The highest BCUT2D eigenvalue weighted by atomic mass is 16.3. The zero-order valence-corrected chi connectivity index (χ0v) is 13.0. The molecule has 1 fully saturated rings. The average Bonchev–Trinajstić information content (AvgIpc) is 2.53. The molecule has 1 saturated heterocycles. The summed E-state index contributed by atoms with van der Waals surface area (Å²) < 4.78 is 0. The van der Waals surface area contributed by atoms with Gasteiger partial charge in [0.1, 0.15) is 5.75 Å². The van der Waals surface area contributed by atoms with E-state index in [1.165, 1.54) is 11.1 Å². The molecule has 5 heteroatoms. The van der Waals surface area contributed by atoms with Crippen LogP contribution >= 0.6 is 0 Å². The highest BCUT2D eigenvalue weighted by Crippen LogP contribution is 2.29. The first-order chi connectivity index (χ1) is 10.6. The van der Waals surface area contributed by atoms with Crippen LogP contribution in [0.25, 0.3) is 0 Å². The molecular weight excluding hydrogens is 280 g/mol. The van der Waals surface area contributed by atoms with Crippen molar-refractivity contribution in [3.63, 3.8) is 0 Å². The lowest BCUT2D eigenvalue weighted by Gasteiger charge is -2.34. The first-order valence-electron chi connectivity index (χ1n) is 7.96. The number of piperazine rings is 1. The van der Waals surface area contributed by atoms with Gasteiger partial charge in [0, 0.05) is 33.1 Å². The van der Waals surface area contributed by atoms with E-state index in [4.69, 9.17) is 0 Å². The Bertz CT molecular complexity index is 604. The van der Waals surface area contributed by atoms with Crippen molar-refractivity contribution in [3.8, 4) is 5.75 Å².